The summed E-state index contributed by atoms with van der Waals surface area (Å²) in [5, 5.41) is 0.851. The predicted octanol–water partition coefficient (Wildman–Crippen LogP) is 3.47. The van der Waals surface area contributed by atoms with Crippen molar-refractivity contribution in [2.75, 3.05) is 11.9 Å². The summed E-state index contributed by atoms with van der Waals surface area (Å²) in [5.41, 5.74) is 2.53. The maximum absolute atomic E-state index is 5.59. The second-order valence-electron chi connectivity index (χ2n) is 3.01. The average molecular weight is 243 g/mol. The van der Waals surface area contributed by atoms with Crippen molar-refractivity contribution in [1.82, 2.24) is 0 Å². The molecule has 2 heteroatoms. The summed E-state index contributed by atoms with van der Waals surface area (Å²) in [5.74, 6) is 0. The van der Waals surface area contributed by atoms with Gasteiger partial charge in [-0.3, -0.25) is 0 Å². The Kier molecular flexibility index (Phi) is 4.46. The van der Waals surface area contributed by atoms with E-state index in [9.17, 15) is 0 Å². The molecule has 72 valence electrons. The van der Waals surface area contributed by atoms with Crippen LogP contribution in [-0.4, -0.2) is 11.9 Å². The maximum Gasteiger partial charge on any atom is 0.0921 e. The fourth-order valence-corrected chi connectivity index (χ4v) is 1.86. The fraction of sp³-hybridized carbons (Fsp3) is 0.455. The smallest absolute Gasteiger partial charge is 0.0921 e. The number of hydrogen-bond donors (Lipinski definition) is 0. The normalized spacial score (nSPS) is 12.8. The molecule has 0 N–H and O–H groups in total. The lowest BCUT2D eigenvalue weighted by Crippen LogP contribution is -2.05. The maximum atomic E-state index is 5.59. The summed E-state index contributed by atoms with van der Waals surface area (Å²) < 4.78 is 5.59. The third-order valence-corrected chi connectivity index (χ3v) is 2.51. The highest BCUT2D eigenvalue weighted by atomic mass is 79.9. The number of aryl methyl sites for hydroxylation is 1. The molecule has 0 saturated carbocycles. The van der Waals surface area contributed by atoms with Crippen LogP contribution >= 0.6 is 15.9 Å². The Morgan fingerprint density at radius 3 is 2.77 bits per heavy atom. The van der Waals surface area contributed by atoms with Crippen molar-refractivity contribution in [2.24, 2.45) is 0 Å². The molecule has 1 aromatic carbocycles. The van der Waals surface area contributed by atoms with Gasteiger partial charge in [0.15, 0.2) is 0 Å². The van der Waals surface area contributed by atoms with Crippen molar-refractivity contribution >= 4 is 15.9 Å². The highest BCUT2D eigenvalue weighted by Crippen LogP contribution is 2.20. The van der Waals surface area contributed by atoms with E-state index in [-0.39, 0.29) is 6.10 Å². The molecule has 1 unspecified atom stereocenters. The molecule has 0 aliphatic heterocycles. The Morgan fingerprint density at radius 2 is 2.23 bits per heavy atom. The van der Waals surface area contributed by atoms with E-state index in [0.29, 0.717) is 0 Å². The number of benzene rings is 1. The van der Waals surface area contributed by atoms with E-state index in [1.807, 2.05) is 6.92 Å². The van der Waals surface area contributed by atoms with Crippen LogP contribution in [0.2, 0.25) is 0 Å². The molecule has 0 radical (unpaired) electrons. The van der Waals surface area contributed by atoms with Crippen LogP contribution in [0.15, 0.2) is 24.3 Å². The first kappa shape index (κ1) is 10.7. The first-order valence-corrected chi connectivity index (χ1v) is 5.64. The Labute approximate surface area is 88.2 Å². The third-order valence-electron chi connectivity index (χ3n) is 1.92. The zero-order valence-electron chi connectivity index (χ0n) is 8.09. The first-order chi connectivity index (χ1) is 6.27. The van der Waals surface area contributed by atoms with Gasteiger partial charge in [0.05, 0.1) is 6.10 Å². The van der Waals surface area contributed by atoms with Crippen molar-refractivity contribution < 1.29 is 4.74 Å². The molecule has 0 amide bonds. The zero-order chi connectivity index (χ0) is 9.68. The van der Waals surface area contributed by atoms with Crippen LogP contribution in [0.4, 0.5) is 0 Å². The first-order valence-electron chi connectivity index (χ1n) is 4.52. The van der Waals surface area contributed by atoms with Gasteiger partial charge >= 0.3 is 0 Å². The molecule has 1 rings (SSSR count). The van der Waals surface area contributed by atoms with Crippen LogP contribution in [0, 0.1) is 6.92 Å². The summed E-state index contributed by atoms with van der Waals surface area (Å²) in [6.07, 6.45) is 0.185. The lowest BCUT2D eigenvalue weighted by molar-refractivity contribution is 0.0806. The second kappa shape index (κ2) is 5.40. The van der Waals surface area contributed by atoms with Gasteiger partial charge in [0, 0.05) is 11.9 Å². The molecular formula is C11H15BrO. The molecule has 0 fully saturated rings. The molecule has 1 nitrogen and oxygen atoms in total. The molecular weight excluding hydrogens is 228 g/mol. The number of halogens is 1. The summed E-state index contributed by atoms with van der Waals surface area (Å²) in [6, 6.07) is 8.44. The van der Waals surface area contributed by atoms with Crippen LogP contribution in [0.25, 0.3) is 0 Å². The number of hydrogen-bond acceptors (Lipinski definition) is 1. The van der Waals surface area contributed by atoms with Gasteiger partial charge in [-0.2, -0.15) is 0 Å². The molecule has 0 aromatic heterocycles. The lowest BCUT2D eigenvalue weighted by atomic mass is 10.1. The highest BCUT2D eigenvalue weighted by molar-refractivity contribution is 9.09. The molecule has 0 aliphatic carbocycles. The van der Waals surface area contributed by atoms with E-state index in [4.69, 9.17) is 4.74 Å². The Balaban J connectivity index is 2.78. The van der Waals surface area contributed by atoms with Crippen LogP contribution in [-0.2, 0) is 4.74 Å². The molecule has 13 heavy (non-hydrogen) atoms. The second-order valence-corrected chi connectivity index (χ2v) is 3.66. The van der Waals surface area contributed by atoms with Crippen molar-refractivity contribution in [3.05, 3.63) is 35.4 Å². The molecule has 1 atom stereocenters. The van der Waals surface area contributed by atoms with Crippen molar-refractivity contribution in [1.29, 1.82) is 0 Å². The molecule has 0 heterocycles. The van der Waals surface area contributed by atoms with Crippen LogP contribution < -0.4 is 0 Å². The van der Waals surface area contributed by atoms with Crippen LogP contribution in [0.5, 0.6) is 0 Å². The van der Waals surface area contributed by atoms with Gasteiger partial charge in [-0.25, -0.2) is 0 Å². The van der Waals surface area contributed by atoms with Gasteiger partial charge in [0.1, 0.15) is 0 Å². The minimum Gasteiger partial charge on any atom is -0.373 e. The Hall–Kier alpha value is -0.340. The predicted molar refractivity (Wildman–Crippen MR) is 59.3 cm³/mol. The number of alkyl halides is 1. The quantitative estimate of drug-likeness (QED) is 0.736. The largest absolute Gasteiger partial charge is 0.373 e. The minimum atomic E-state index is 0.185. The lowest BCUT2D eigenvalue weighted by Gasteiger charge is -2.14. The molecule has 0 aliphatic rings. The van der Waals surface area contributed by atoms with E-state index in [2.05, 4.69) is 47.1 Å². The van der Waals surface area contributed by atoms with Crippen LogP contribution in [0.3, 0.4) is 0 Å². The van der Waals surface area contributed by atoms with E-state index in [0.717, 1.165) is 11.9 Å². The van der Waals surface area contributed by atoms with Crippen molar-refractivity contribution in [3.63, 3.8) is 0 Å². The van der Waals surface area contributed by atoms with Gasteiger partial charge in [-0.15, -0.1) is 0 Å². The molecule has 0 spiro atoms. The van der Waals surface area contributed by atoms with Crippen molar-refractivity contribution in [3.8, 4) is 0 Å². The summed E-state index contributed by atoms with van der Waals surface area (Å²) >= 11 is 3.45. The SMILES string of the molecule is CCOC(CBr)c1cccc(C)c1. The topological polar surface area (TPSA) is 9.23 Å². The Bertz CT molecular complexity index is 260. The van der Waals surface area contributed by atoms with Crippen molar-refractivity contribution in [2.45, 2.75) is 20.0 Å². The Morgan fingerprint density at radius 1 is 1.46 bits per heavy atom. The third kappa shape index (κ3) is 3.12. The van der Waals surface area contributed by atoms with Gasteiger partial charge < -0.3 is 4.74 Å². The van der Waals surface area contributed by atoms with E-state index in [1.54, 1.807) is 0 Å². The number of rotatable bonds is 4. The summed E-state index contributed by atoms with van der Waals surface area (Å²) in [7, 11) is 0. The monoisotopic (exact) mass is 242 g/mol. The molecule has 0 bridgehead atoms. The van der Waals surface area contributed by atoms with E-state index < -0.39 is 0 Å². The molecule has 1 aromatic rings. The van der Waals surface area contributed by atoms with E-state index in [1.165, 1.54) is 11.1 Å². The standard InChI is InChI=1S/C11H15BrO/c1-3-13-11(8-12)10-6-4-5-9(2)7-10/h4-7,11H,3,8H2,1-2H3. The van der Waals surface area contributed by atoms with Gasteiger partial charge in [-0.05, 0) is 19.4 Å². The van der Waals surface area contributed by atoms with Gasteiger partial charge in [0.2, 0.25) is 0 Å². The van der Waals surface area contributed by atoms with Gasteiger partial charge in [0.25, 0.3) is 0 Å². The number of ether oxygens (including phenoxy) is 1. The van der Waals surface area contributed by atoms with E-state index >= 15 is 0 Å². The summed E-state index contributed by atoms with van der Waals surface area (Å²) in [6.45, 7) is 4.87. The fourth-order valence-electron chi connectivity index (χ4n) is 1.30. The summed E-state index contributed by atoms with van der Waals surface area (Å²) in [4.78, 5) is 0. The average Bonchev–Trinajstić information content (AvgIpc) is 2.14. The molecule has 0 saturated heterocycles. The van der Waals surface area contributed by atoms with Crippen LogP contribution in [0.1, 0.15) is 24.2 Å². The zero-order valence-corrected chi connectivity index (χ0v) is 9.67. The van der Waals surface area contributed by atoms with Gasteiger partial charge in [-0.1, -0.05) is 45.8 Å². The minimum absolute atomic E-state index is 0.185. The highest BCUT2D eigenvalue weighted by Gasteiger charge is 2.08.